The molecule has 4 nitrogen and oxygen atoms in total. The van der Waals surface area contributed by atoms with Crippen molar-refractivity contribution >= 4 is 11.7 Å². The number of amides is 1. The molecule has 0 heterocycles. The van der Waals surface area contributed by atoms with Crippen LogP contribution in [0.15, 0.2) is 35.6 Å². The molecule has 2 N–H and O–H groups in total. The van der Waals surface area contributed by atoms with Gasteiger partial charge in [0.1, 0.15) is 5.76 Å². The number of carbonyl (C=O) groups is 2. The van der Waals surface area contributed by atoms with Gasteiger partial charge in [0.05, 0.1) is 7.11 Å². The van der Waals surface area contributed by atoms with E-state index in [9.17, 15) is 9.59 Å². The van der Waals surface area contributed by atoms with E-state index in [4.69, 9.17) is 10.5 Å². The molecule has 0 unspecified atom stereocenters. The second-order valence-corrected chi connectivity index (χ2v) is 4.17. The topological polar surface area (TPSA) is 69.4 Å². The average Bonchev–Trinajstić information content (AvgIpc) is 2.59. The van der Waals surface area contributed by atoms with Crippen molar-refractivity contribution in [1.82, 2.24) is 0 Å². The Morgan fingerprint density at radius 1 is 1.28 bits per heavy atom. The smallest absolute Gasteiger partial charge is 0.217 e. The maximum atomic E-state index is 11.9. The molecule has 0 aromatic carbocycles. The van der Waals surface area contributed by atoms with Crippen LogP contribution >= 0.6 is 0 Å². The van der Waals surface area contributed by atoms with Gasteiger partial charge in [-0.25, -0.2) is 0 Å². The highest BCUT2D eigenvalue weighted by atomic mass is 16.5. The molecule has 0 aromatic heterocycles. The molecular weight excluding hydrogens is 230 g/mol. The van der Waals surface area contributed by atoms with E-state index >= 15 is 0 Å². The monoisotopic (exact) mass is 249 g/mol. The molecule has 0 saturated heterocycles. The summed E-state index contributed by atoms with van der Waals surface area (Å²) in [7, 11) is 1.60. The number of ether oxygens (including phenoxy) is 1. The first-order chi connectivity index (χ1) is 8.63. The van der Waals surface area contributed by atoms with Crippen LogP contribution in [0.3, 0.4) is 0 Å². The Labute approximate surface area is 107 Å². The van der Waals surface area contributed by atoms with Crippen molar-refractivity contribution < 1.29 is 14.3 Å². The molecule has 0 aromatic rings. The fourth-order valence-corrected chi connectivity index (χ4v) is 1.70. The lowest BCUT2D eigenvalue weighted by molar-refractivity contribution is -0.119. The summed E-state index contributed by atoms with van der Waals surface area (Å²) >= 11 is 0. The zero-order valence-electron chi connectivity index (χ0n) is 10.6. The zero-order valence-corrected chi connectivity index (χ0v) is 10.6. The Kier molecular flexibility index (Phi) is 5.91. The van der Waals surface area contributed by atoms with Gasteiger partial charge in [0.2, 0.25) is 5.91 Å². The minimum Gasteiger partial charge on any atom is -0.497 e. The van der Waals surface area contributed by atoms with Gasteiger partial charge in [-0.2, -0.15) is 0 Å². The molecule has 98 valence electrons. The molecule has 18 heavy (non-hydrogen) atoms. The van der Waals surface area contributed by atoms with Crippen LogP contribution < -0.4 is 5.73 Å². The van der Waals surface area contributed by atoms with Crippen LogP contribution in [0.25, 0.3) is 0 Å². The number of primary amides is 1. The van der Waals surface area contributed by atoms with Gasteiger partial charge in [-0.3, -0.25) is 9.59 Å². The van der Waals surface area contributed by atoms with Gasteiger partial charge in [-0.05, 0) is 37.0 Å². The number of rotatable bonds is 7. The molecule has 0 atom stereocenters. The normalized spacial score (nSPS) is 14.5. The molecule has 0 saturated carbocycles. The highest BCUT2D eigenvalue weighted by Gasteiger charge is 2.09. The van der Waals surface area contributed by atoms with Crippen molar-refractivity contribution in [3.63, 3.8) is 0 Å². The van der Waals surface area contributed by atoms with Crippen LogP contribution in [0.2, 0.25) is 0 Å². The second-order valence-electron chi connectivity index (χ2n) is 4.17. The van der Waals surface area contributed by atoms with Crippen molar-refractivity contribution in [1.29, 1.82) is 0 Å². The van der Waals surface area contributed by atoms with Crippen LogP contribution in [0.1, 0.15) is 32.1 Å². The highest BCUT2D eigenvalue weighted by molar-refractivity contribution is 5.96. The lowest BCUT2D eigenvalue weighted by Gasteiger charge is -2.02. The maximum absolute atomic E-state index is 11.9. The fraction of sp³-hybridized carbons (Fsp3) is 0.429. The third-order valence-electron chi connectivity index (χ3n) is 2.74. The number of unbranched alkanes of at least 4 members (excludes halogenated alkanes) is 1. The number of hydrogen-bond donors (Lipinski definition) is 1. The predicted octanol–water partition coefficient (Wildman–Crippen LogP) is 2.02. The minimum atomic E-state index is -0.313. The van der Waals surface area contributed by atoms with Crippen LogP contribution in [0.4, 0.5) is 0 Å². The molecule has 1 aliphatic rings. The fourth-order valence-electron chi connectivity index (χ4n) is 1.70. The number of ketones is 1. The minimum absolute atomic E-state index is 0.123. The van der Waals surface area contributed by atoms with Crippen LogP contribution in [-0.4, -0.2) is 18.8 Å². The second kappa shape index (κ2) is 7.48. The quantitative estimate of drug-likeness (QED) is 0.702. The SMILES string of the molecule is COC1=CC=C(C(=O)CCCCC(N)=O)CC=C1. The highest BCUT2D eigenvalue weighted by Crippen LogP contribution is 2.15. The maximum Gasteiger partial charge on any atom is 0.217 e. The molecule has 0 radical (unpaired) electrons. The van der Waals surface area contributed by atoms with Gasteiger partial charge in [0, 0.05) is 12.8 Å². The van der Waals surface area contributed by atoms with Gasteiger partial charge in [0.15, 0.2) is 5.78 Å². The van der Waals surface area contributed by atoms with E-state index in [2.05, 4.69) is 0 Å². The molecule has 0 fully saturated rings. The summed E-state index contributed by atoms with van der Waals surface area (Å²) in [6.07, 6.45) is 10.2. The lowest BCUT2D eigenvalue weighted by Crippen LogP contribution is -2.10. The third-order valence-corrected chi connectivity index (χ3v) is 2.74. The van der Waals surface area contributed by atoms with E-state index in [1.807, 2.05) is 12.2 Å². The summed E-state index contributed by atoms with van der Waals surface area (Å²) in [5.41, 5.74) is 5.81. The van der Waals surface area contributed by atoms with E-state index in [1.165, 1.54) is 0 Å². The number of carbonyl (C=O) groups excluding carboxylic acids is 2. The van der Waals surface area contributed by atoms with Crippen molar-refractivity contribution in [2.24, 2.45) is 5.73 Å². The largest absolute Gasteiger partial charge is 0.497 e. The van der Waals surface area contributed by atoms with Gasteiger partial charge >= 0.3 is 0 Å². The van der Waals surface area contributed by atoms with E-state index in [0.29, 0.717) is 32.1 Å². The first-order valence-electron chi connectivity index (χ1n) is 6.06. The van der Waals surface area contributed by atoms with Crippen LogP contribution in [-0.2, 0) is 14.3 Å². The number of methoxy groups -OCH3 is 1. The zero-order chi connectivity index (χ0) is 13.4. The van der Waals surface area contributed by atoms with Crippen molar-refractivity contribution in [3.05, 3.63) is 35.6 Å². The summed E-state index contributed by atoms with van der Waals surface area (Å²) in [4.78, 5) is 22.5. The Morgan fingerprint density at radius 3 is 2.67 bits per heavy atom. The summed E-state index contributed by atoms with van der Waals surface area (Å²) in [5.74, 6) is 0.552. The molecule has 0 spiro atoms. The summed E-state index contributed by atoms with van der Waals surface area (Å²) in [5, 5.41) is 0. The number of Topliss-reactive ketones (excluding diaryl/α,β-unsaturated/α-hetero) is 1. The lowest BCUT2D eigenvalue weighted by atomic mass is 10.0. The average molecular weight is 249 g/mol. The molecule has 0 bridgehead atoms. The number of hydrogen-bond acceptors (Lipinski definition) is 3. The standard InChI is InChI=1S/C14H19NO3/c1-18-12-6-4-5-11(9-10-12)13(16)7-2-3-8-14(15)17/h4,6,9-10H,2-3,5,7-8H2,1H3,(H2,15,17). The summed E-state index contributed by atoms with van der Waals surface area (Å²) in [6.45, 7) is 0. The molecule has 1 rings (SSSR count). The molecule has 4 heteroatoms. The van der Waals surface area contributed by atoms with Crippen LogP contribution in [0.5, 0.6) is 0 Å². The summed E-state index contributed by atoms with van der Waals surface area (Å²) in [6, 6.07) is 0. The number of allylic oxidation sites excluding steroid dienone is 5. The first-order valence-corrected chi connectivity index (χ1v) is 6.06. The van der Waals surface area contributed by atoms with Gasteiger partial charge < -0.3 is 10.5 Å². The third kappa shape index (κ3) is 4.99. The van der Waals surface area contributed by atoms with Gasteiger partial charge in [-0.15, -0.1) is 0 Å². The van der Waals surface area contributed by atoms with E-state index in [-0.39, 0.29) is 11.7 Å². The van der Waals surface area contributed by atoms with Crippen LogP contribution in [0, 0.1) is 0 Å². The Morgan fingerprint density at radius 2 is 2.00 bits per heavy atom. The Bertz CT molecular complexity index is 405. The van der Waals surface area contributed by atoms with Crippen molar-refractivity contribution in [2.75, 3.05) is 7.11 Å². The van der Waals surface area contributed by atoms with E-state index in [1.54, 1.807) is 19.3 Å². The molecule has 1 amide bonds. The van der Waals surface area contributed by atoms with Crippen molar-refractivity contribution in [3.8, 4) is 0 Å². The van der Waals surface area contributed by atoms with Gasteiger partial charge in [-0.1, -0.05) is 12.2 Å². The first kappa shape index (κ1) is 14.2. The Balaban J connectivity index is 2.42. The molecule has 1 aliphatic carbocycles. The summed E-state index contributed by atoms with van der Waals surface area (Å²) < 4.78 is 5.09. The van der Waals surface area contributed by atoms with Gasteiger partial charge in [0.25, 0.3) is 0 Å². The predicted molar refractivity (Wildman–Crippen MR) is 69.6 cm³/mol. The number of nitrogens with two attached hydrogens (primary N) is 1. The van der Waals surface area contributed by atoms with E-state index < -0.39 is 0 Å². The molecule has 0 aliphatic heterocycles. The Hall–Kier alpha value is -1.84. The van der Waals surface area contributed by atoms with E-state index in [0.717, 1.165) is 11.3 Å². The van der Waals surface area contributed by atoms with Crippen molar-refractivity contribution in [2.45, 2.75) is 32.1 Å². The molecular formula is C14H19NO3.